The Morgan fingerprint density at radius 1 is 1.19 bits per heavy atom. The minimum Gasteiger partial charge on any atom is -0.385 e. The van der Waals surface area contributed by atoms with Crippen LogP contribution in [0, 0.1) is 20.8 Å². The van der Waals surface area contributed by atoms with Gasteiger partial charge in [0.1, 0.15) is 5.82 Å². The fourth-order valence-electron chi connectivity index (χ4n) is 3.98. The Kier molecular flexibility index (Phi) is 9.85. The first-order valence-corrected chi connectivity index (χ1v) is 11.6. The van der Waals surface area contributed by atoms with Crippen LogP contribution in [-0.2, 0) is 6.54 Å². The standard InChI is InChI=1S/C16H21ClN4O.C8H17N/c1-5-18-14-7-12(17)6-13(9(14)2)16(22)19-8-15-10(3)20-11(4)21-15;1-9(2)8-6-4-3-5-7-8/h6-7,18H,5,8H2,1-4H3,(H,19,22)(H,20,21);8H,3-7H2,1-2H3. The molecule has 0 spiro atoms. The molecule has 0 aliphatic heterocycles. The predicted octanol–water partition coefficient (Wildman–Crippen LogP) is 5.23. The number of aromatic amines is 1. The van der Waals surface area contributed by atoms with E-state index in [1.165, 1.54) is 32.1 Å². The van der Waals surface area contributed by atoms with Gasteiger partial charge in [-0.2, -0.15) is 0 Å². The number of H-pyrrole nitrogens is 1. The average Bonchev–Trinajstić information content (AvgIpc) is 3.07. The maximum absolute atomic E-state index is 12.4. The van der Waals surface area contributed by atoms with Crippen molar-refractivity contribution < 1.29 is 4.79 Å². The number of amides is 1. The molecule has 1 fully saturated rings. The van der Waals surface area contributed by atoms with E-state index in [4.69, 9.17) is 11.6 Å². The van der Waals surface area contributed by atoms with Crippen LogP contribution >= 0.6 is 11.6 Å². The fourth-order valence-corrected chi connectivity index (χ4v) is 4.19. The lowest BCUT2D eigenvalue weighted by Crippen LogP contribution is -2.29. The highest BCUT2D eigenvalue weighted by molar-refractivity contribution is 6.31. The Hall–Kier alpha value is -2.05. The first-order chi connectivity index (χ1) is 14.7. The van der Waals surface area contributed by atoms with Crippen LogP contribution in [-0.4, -0.2) is 47.5 Å². The van der Waals surface area contributed by atoms with Gasteiger partial charge in [-0.25, -0.2) is 4.98 Å². The van der Waals surface area contributed by atoms with Crippen LogP contribution in [0.15, 0.2) is 12.1 Å². The normalized spacial score (nSPS) is 14.2. The number of carbonyl (C=O) groups excluding carboxylic acids is 1. The van der Waals surface area contributed by atoms with E-state index in [1.807, 2.05) is 33.8 Å². The number of benzene rings is 1. The molecular weight excluding hydrogens is 410 g/mol. The summed E-state index contributed by atoms with van der Waals surface area (Å²) in [4.78, 5) is 22.3. The molecule has 3 rings (SSSR count). The molecular formula is C24H38ClN5O. The molecule has 7 heteroatoms. The van der Waals surface area contributed by atoms with Crippen LogP contribution in [0.5, 0.6) is 0 Å². The van der Waals surface area contributed by atoms with Gasteiger partial charge in [-0.05, 0) is 72.3 Å². The third-order valence-corrected chi connectivity index (χ3v) is 6.03. The van der Waals surface area contributed by atoms with Gasteiger partial charge in [0.2, 0.25) is 0 Å². The smallest absolute Gasteiger partial charge is 0.251 e. The highest BCUT2D eigenvalue weighted by Gasteiger charge is 2.15. The van der Waals surface area contributed by atoms with Crippen LogP contribution in [0.25, 0.3) is 0 Å². The van der Waals surface area contributed by atoms with Crippen LogP contribution < -0.4 is 10.6 Å². The summed E-state index contributed by atoms with van der Waals surface area (Å²) in [5.74, 6) is 0.689. The van der Waals surface area contributed by atoms with Gasteiger partial charge in [-0.3, -0.25) is 4.79 Å². The van der Waals surface area contributed by atoms with E-state index in [2.05, 4.69) is 39.6 Å². The van der Waals surface area contributed by atoms with Gasteiger partial charge in [0.05, 0.1) is 12.2 Å². The molecule has 0 unspecified atom stereocenters. The Bertz CT molecular complexity index is 856. The molecule has 1 heterocycles. The van der Waals surface area contributed by atoms with Crippen LogP contribution in [0.2, 0.25) is 5.02 Å². The molecule has 172 valence electrons. The fraction of sp³-hybridized carbons (Fsp3) is 0.583. The first kappa shape index (κ1) is 25.2. The summed E-state index contributed by atoms with van der Waals surface area (Å²) in [6, 6.07) is 4.41. The summed E-state index contributed by atoms with van der Waals surface area (Å²) in [6.45, 7) is 8.90. The molecule has 1 amide bonds. The topological polar surface area (TPSA) is 73.0 Å². The second-order valence-corrected chi connectivity index (χ2v) is 8.92. The zero-order chi connectivity index (χ0) is 23.0. The van der Waals surface area contributed by atoms with Gasteiger partial charge < -0.3 is 20.5 Å². The number of rotatable bonds is 6. The number of aryl methyl sites for hydroxylation is 2. The Morgan fingerprint density at radius 3 is 2.39 bits per heavy atom. The molecule has 0 bridgehead atoms. The maximum atomic E-state index is 12.4. The van der Waals surface area contributed by atoms with Crippen molar-refractivity contribution in [1.82, 2.24) is 20.2 Å². The summed E-state index contributed by atoms with van der Waals surface area (Å²) in [5.41, 5.74) is 4.16. The summed E-state index contributed by atoms with van der Waals surface area (Å²) in [5, 5.41) is 6.66. The van der Waals surface area contributed by atoms with Gasteiger partial charge >= 0.3 is 0 Å². The van der Waals surface area contributed by atoms with Crippen molar-refractivity contribution >= 4 is 23.2 Å². The van der Waals surface area contributed by atoms with Crippen molar-refractivity contribution in [2.75, 3.05) is 26.0 Å². The van der Waals surface area contributed by atoms with Gasteiger partial charge in [0, 0.05) is 34.6 Å². The molecule has 3 N–H and O–H groups in total. The zero-order valence-electron chi connectivity index (χ0n) is 19.9. The molecule has 2 aromatic rings. The van der Waals surface area contributed by atoms with Crippen LogP contribution in [0.4, 0.5) is 5.69 Å². The molecule has 0 radical (unpaired) electrons. The number of aromatic nitrogens is 2. The average molecular weight is 448 g/mol. The highest BCUT2D eigenvalue weighted by atomic mass is 35.5. The lowest BCUT2D eigenvalue weighted by atomic mass is 9.95. The van der Waals surface area contributed by atoms with E-state index >= 15 is 0 Å². The number of nitrogens with one attached hydrogen (secondary N) is 3. The summed E-state index contributed by atoms with van der Waals surface area (Å²) in [6.07, 6.45) is 7.20. The van der Waals surface area contributed by atoms with Crippen molar-refractivity contribution in [3.8, 4) is 0 Å². The van der Waals surface area contributed by atoms with Gasteiger partial charge in [-0.15, -0.1) is 0 Å². The summed E-state index contributed by atoms with van der Waals surface area (Å²) < 4.78 is 0. The van der Waals surface area contributed by atoms with E-state index in [-0.39, 0.29) is 5.91 Å². The predicted molar refractivity (Wildman–Crippen MR) is 130 cm³/mol. The Labute approximate surface area is 192 Å². The monoisotopic (exact) mass is 447 g/mol. The second kappa shape index (κ2) is 12.1. The highest BCUT2D eigenvalue weighted by Crippen LogP contribution is 2.25. The molecule has 1 saturated carbocycles. The van der Waals surface area contributed by atoms with E-state index in [9.17, 15) is 4.79 Å². The SMILES string of the molecule is CCNc1cc(Cl)cc(C(=O)NCc2nc(C)[nH]c2C)c1C.CN(C)C1CCCCC1. The van der Waals surface area contributed by atoms with Gasteiger partial charge in [0.15, 0.2) is 0 Å². The Morgan fingerprint density at radius 2 is 1.87 bits per heavy atom. The number of nitrogens with zero attached hydrogens (tertiary/aromatic N) is 2. The second-order valence-electron chi connectivity index (χ2n) is 8.49. The molecule has 0 saturated heterocycles. The van der Waals surface area contributed by atoms with Crippen LogP contribution in [0.3, 0.4) is 0 Å². The quantitative estimate of drug-likeness (QED) is 0.566. The number of carbonyl (C=O) groups is 1. The van der Waals surface area contributed by atoms with Crippen molar-refractivity contribution in [3.05, 3.63) is 45.5 Å². The molecule has 31 heavy (non-hydrogen) atoms. The zero-order valence-corrected chi connectivity index (χ0v) is 20.6. The van der Waals surface area contributed by atoms with Crippen LogP contribution in [0.1, 0.15) is 72.2 Å². The minimum atomic E-state index is -0.154. The lowest BCUT2D eigenvalue weighted by molar-refractivity contribution is 0.0950. The summed E-state index contributed by atoms with van der Waals surface area (Å²) in [7, 11) is 4.38. The molecule has 0 atom stereocenters. The lowest BCUT2D eigenvalue weighted by Gasteiger charge is -2.27. The summed E-state index contributed by atoms with van der Waals surface area (Å²) >= 11 is 6.11. The third-order valence-electron chi connectivity index (χ3n) is 5.81. The van der Waals surface area contributed by atoms with Crippen molar-refractivity contribution in [2.24, 2.45) is 0 Å². The Balaban J connectivity index is 0.000000316. The van der Waals surface area contributed by atoms with Gasteiger partial charge in [-0.1, -0.05) is 30.9 Å². The van der Waals surface area contributed by atoms with Crippen molar-refractivity contribution in [1.29, 1.82) is 0 Å². The molecule has 1 aromatic carbocycles. The van der Waals surface area contributed by atoms with Crippen molar-refractivity contribution in [2.45, 2.75) is 72.4 Å². The van der Waals surface area contributed by atoms with E-state index in [0.29, 0.717) is 17.1 Å². The number of imidazole rings is 1. The van der Waals surface area contributed by atoms with E-state index < -0.39 is 0 Å². The molecule has 6 nitrogen and oxygen atoms in total. The maximum Gasteiger partial charge on any atom is 0.251 e. The van der Waals surface area contributed by atoms with Gasteiger partial charge in [0.25, 0.3) is 5.91 Å². The number of anilines is 1. The number of hydrogen-bond acceptors (Lipinski definition) is 4. The van der Waals surface area contributed by atoms with Crippen molar-refractivity contribution in [3.63, 3.8) is 0 Å². The largest absolute Gasteiger partial charge is 0.385 e. The first-order valence-electron chi connectivity index (χ1n) is 11.2. The third kappa shape index (κ3) is 7.54. The molecule has 1 aliphatic carbocycles. The van der Waals surface area contributed by atoms with E-state index in [1.54, 1.807) is 6.07 Å². The minimum absolute atomic E-state index is 0.154. The molecule has 1 aromatic heterocycles. The molecule has 1 aliphatic rings. The number of hydrogen-bond donors (Lipinski definition) is 3. The van der Waals surface area contributed by atoms with E-state index in [0.717, 1.165) is 41.0 Å². The number of halogens is 1.